The quantitative estimate of drug-likeness (QED) is 0.580. The van der Waals surface area contributed by atoms with Crippen LogP contribution in [0.3, 0.4) is 0 Å². The van der Waals surface area contributed by atoms with Crippen molar-refractivity contribution in [1.82, 2.24) is 10.2 Å². The molecule has 1 rings (SSSR count). The normalized spacial score (nSPS) is 29.9. The predicted octanol–water partition coefficient (Wildman–Crippen LogP) is -1.31. The van der Waals surface area contributed by atoms with E-state index in [1.165, 1.54) is 0 Å². The van der Waals surface area contributed by atoms with Gasteiger partial charge in [-0.25, -0.2) is 8.42 Å². The molecule has 90 valence electrons. The molecule has 0 radical (unpaired) electrons. The lowest BCUT2D eigenvalue weighted by molar-refractivity contribution is 0.165. The van der Waals surface area contributed by atoms with Gasteiger partial charge in [0.25, 0.3) is 0 Å². The van der Waals surface area contributed by atoms with E-state index in [2.05, 4.69) is 10.2 Å². The van der Waals surface area contributed by atoms with E-state index in [0.717, 1.165) is 19.5 Å². The van der Waals surface area contributed by atoms with E-state index in [0.29, 0.717) is 0 Å². The second kappa shape index (κ2) is 5.25. The topological polar surface area (TPSA) is 69.6 Å². The molecule has 5 nitrogen and oxygen atoms in total. The minimum Gasteiger partial charge on any atom is -0.390 e. The fourth-order valence-electron chi connectivity index (χ4n) is 1.71. The van der Waals surface area contributed by atoms with Crippen molar-refractivity contribution in [1.29, 1.82) is 0 Å². The monoisotopic (exact) mass is 236 g/mol. The van der Waals surface area contributed by atoms with Crippen LogP contribution < -0.4 is 5.32 Å². The summed E-state index contributed by atoms with van der Waals surface area (Å²) >= 11 is 0. The smallest absolute Gasteiger partial charge is 0.154 e. The van der Waals surface area contributed by atoms with Gasteiger partial charge in [-0.15, -0.1) is 0 Å². The van der Waals surface area contributed by atoms with Crippen LogP contribution in [0.15, 0.2) is 0 Å². The Hall–Kier alpha value is -0.170. The number of nitrogens with one attached hydrogen (secondary N) is 1. The minimum absolute atomic E-state index is 0.0656. The first-order chi connectivity index (χ1) is 6.91. The number of hydrogen-bond donors (Lipinski definition) is 2. The third-order valence-corrected chi connectivity index (χ3v) is 4.23. The van der Waals surface area contributed by atoms with Crippen molar-refractivity contribution >= 4 is 9.84 Å². The van der Waals surface area contributed by atoms with Crippen molar-refractivity contribution in [2.24, 2.45) is 0 Å². The molecule has 1 aliphatic rings. The first-order valence-electron chi connectivity index (χ1n) is 5.17. The van der Waals surface area contributed by atoms with Crippen molar-refractivity contribution < 1.29 is 13.5 Å². The second-order valence-electron chi connectivity index (χ2n) is 4.36. The van der Waals surface area contributed by atoms with Crippen LogP contribution in [0.25, 0.3) is 0 Å². The SMILES string of the molecule is CN(C)CCCN[C@H]1CS(=O)(=O)C[C@@H]1O. The van der Waals surface area contributed by atoms with E-state index in [4.69, 9.17) is 0 Å². The molecule has 0 bridgehead atoms. The molecular formula is C9H20N2O3S. The molecule has 0 saturated carbocycles. The van der Waals surface area contributed by atoms with Gasteiger partial charge < -0.3 is 15.3 Å². The molecule has 0 aromatic carbocycles. The Morgan fingerprint density at radius 2 is 2.07 bits per heavy atom. The van der Waals surface area contributed by atoms with Gasteiger partial charge in [0.1, 0.15) is 0 Å². The van der Waals surface area contributed by atoms with E-state index >= 15 is 0 Å². The Morgan fingerprint density at radius 3 is 2.53 bits per heavy atom. The van der Waals surface area contributed by atoms with Gasteiger partial charge in [0.2, 0.25) is 0 Å². The molecule has 0 aromatic heterocycles. The highest BCUT2D eigenvalue weighted by Crippen LogP contribution is 2.12. The molecular weight excluding hydrogens is 216 g/mol. The van der Waals surface area contributed by atoms with Crippen LogP contribution in [-0.2, 0) is 9.84 Å². The number of aliphatic hydroxyl groups excluding tert-OH is 1. The first kappa shape index (κ1) is 12.9. The molecule has 15 heavy (non-hydrogen) atoms. The highest BCUT2D eigenvalue weighted by atomic mass is 32.2. The molecule has 0 spiro atoms. The van der Waals surface area contributed by atoms with Crippen molar-refractivity contribution in [2.45, 2.75) is 18.6 Å². The Balaban J connectivity index is 2.23. The number of hydrogen-bond acceptors (Lipinski definition) is 5. The van der Waals surface area contributed by atoms with Gasteiger partial charge in [-0.05, 0) is 33.6 Å². The Kier molecular flexibility index (Phi) is 4.51. The van der Waals surface area contributed by atoms with Gasteiger partial charge in [-0.3, -0.25) is 0 Å². The number of nitrogens with zero attached hydrogens (tertiary/aromatic N) is 1. The molecule has 1 fully saturated rings. The average Bonchev–Trinajstić information content (AvgIpc) is 2.33. The van der Waals surface area contributed by atoms with E-state index in [-0.39, 0.29) is 17.5 Å². The molecule has 0 amide bonds. The third kappa shape index (κ3) is 4.46. The Morgan fingerprint density at radius 1 is 1.40 bits per heavy atom. The molecule has 0 aliphatic carbocycles. The number of aliphatic hydroxyl groups is 1. The van der Waals surface area contributed by atoms with Crippen molar-refractivity contribution in [3.05, 3.63) is 0 Å². The molecule has 0 aromatic rings. The molecule has 0 unspecified atom stereocenters. The van der Waals surface area contributed by atoms with Crippen molar-refractivity contribution in [3.63, 3.8) is 0 Å². The molecule has 1 saturated heterocycles. The van der Waals surface area contributed by atoms with Crippen LogP contribution in [0.5, 0.6) is 0 Å². The fourth-order valence-corrected chi connectivity index (χ4v) is 3.48. The van der Waals surface area contributed by atoms with Crippen LogP contribution >= 0.6 is 0 Å². The Labute approximate surface area is 91.4 Å². The summed E-state index contributed by atoms with van der Waals surface area (Å²) in [5, 5.41) is 12.6. The number of rotatable bonds is 5. The zero-order chi connectivity index (χ0) is 11.5. The van der Waals surface area contributed by atoms with E-state index < -0.39 is 15.9 Å². The van der Waals surface area contributed by atoms with Crippen LogP contribution in [0.2, 0.25) is 0 Å². The summed E-state index contributed by atoms with van der Waals surface area (Å²) in [5.74, 6) is -0.0333. The lowest BCUT2D eigenvalue weighted by Gasteiger charge is -2.15. The van der Waals surface area contributed by atoms with Crippen LogP contribution in [0.4, 0.5) is 0 Å². The third-order valence-electron chi connectivity index (χ3n) is 2.51. The fraction of sp³-hybridized carbons (Fsp3) is 1.00. The summed E-state index contributed by atoms with van der Waals surface area (Å²) in [6.45, 7) is 1.71. The van der Waals surface area contributed by atoms with E-state index in [1.54, 1.807) is 0 Å². The van der Waals surface area contributed by atoms with Crippen LogP contribution in [-0.4, -0.2) is 69.3 Å². The molecule has 1 heterocycles. The van der Waals surface area contributed by atoms with E-state index in [1.807, 2.05) is 14.1 Å². The number of sulfone groups is 1. The van der Waals surface area contributed by atoms with Crippen LogP contribution in [0, 0.1) is 0 Å². The largest absolute Gasteiger partial charge is 0.390 e. The average molecular weight is 236 g/mol. The molecule has 1 aliphatic heterocycles. The standard InChI is InChI=1S/C9H20N2O3S/c1-11(2)5-3-4-10-8-6-15(13,14)7-9(8)12/h8-10,12H,3-7H2,1-2H3/t8-,9-/m0/s1. The van der Waals surface area contributed by atoms with Crippen LogP contribution in [0.1, 0.15) is 6.42 Å². The lowest BCUT2D eigenvalue weighted by atomic mass is 10.2. The van der Waals surface area contributed by atoms with Gasteiger partial charge in [-0.1, -0.05) is 0 Å². The maximum atomic E-state index is 11.2. The molecule has 6 heteroatoms. The Bertz CT molecular complexity index is 290. The van der Waals surface area contributed by atoms with Gasteiger partial charge in [-0.2, -0.15) is 0 Å². The van der Waals surface area contributed by atoms with Gasteiger partial charge in [0.15, 0.2) is 9.84 Å². The maximum absolute atomic E-state index is 11.2. The van der Waals surface area contributed by atoms with Crippen molar-refractivity contribution in [2.75, 3.05) is 38.7 Å². The molecule has 2 atom stereocenters. The highest BCUT2D eigenvalue weighted by molar-refractivity contribution is 7.91. The summed E-state index contributed by atoms with van der Waals surface area (Å²) in [5.41, 5.74) is 0. The summed E-state index contributed by atoms with van der Waals surface area (Å²) in [4.78, 5) is 2.07. The predicted molar refractivity (Wildman–Crippen MR) is 59.6 cm³/mol. The highest BCUT2D eigenvalue weighted by Gasteiger charge is 2.35. The van der Waals surface area contributed by atoms with Crippen molar-refractivity contribution in [3.8, 4) is 0 Å². The van der Waals surface area contributed by atoms with Gasteiger partial charge >= 0.3 is 0 Å². The summed E-state index contributed by atoms with van der Waals surface area (Å²) in [7, 11) is 0.969. The van der Waals surface area contributed by atoms with Gasteiger partial charge in [0, 0.05) is 6.04 Å². The second-order valence-corrected chi connectivity index (χ2v) is 6.52. The van der Waals surface area contributed by atoms with Gasteiger partial charge in [0.05, 0.1) is 17.6 Å². The van der Waals surface area contributed by atoms with E-state index in [9.17, 15) is 13.5 Å². The summed E-state index contributed by atoms with van der Waals surface area (Å²) in [6, 6.07) is -0.280. The maximum Gasteiger partial charge on any atom is 0.154 e. The minimum atomic E-state index is -3.02. The summed E-state index contributed by atoms with van der Waals surface area (Å²) < 4.78 is 22.4. The zero-order valence-electron chi connectivity index (χ0n) is 9.31. The lowest BCUT2D eigenvalue weighted by Crippen LogP contribution is -2.39. The first-order valence-corrected chi connectivity index (χ1v) is 6.99. The zero-order valence-corrected chi connectivity index (χ0v) is 10.1. The summed E-state index contributed by atoms with van der Waals surface area (Å²) in [6.07, 6.45) is 0.213. The molecule has 2 N–H and O–H groups in total.